The summed E-state index contributed by atoms with van der Waals surface area (Å²) in [5, 5.41) is 2.58. The van der Waals surface area contributed by atoms with Gasteiger partial charge in [0.1, 0.15) is 12.1 Å². The summed E-state index contributed by atoms with van der Waals surface area (Å²) < 4.78 is 60.8. The highest BCUT2D eigenvalue weighted by atomic mass is 32.2. The average Bonchev–Trinajstić information content (AvgIpc) is 2.97. The van der Waals surface area contributed by atoms with Crippen LogP contribution in [0.25, 0.3) is 0 Å². The number of hydrogen-bond donors (Lipinski definition) is 1. The number of rotatable bonds is 9. The van der Waals surface area contributed by atoms with Gasteiger partial charge >= 0.3 is 5.97 Å². The van der Waals surface area contributed by atoms with Crippen molar-refractivity contribution in [1.82, 2.24) is 18.9 Å². The number of ether oxygens (including phenoxy) is 1. The van der Waals surface area contributed by atoms with E-state index in [1.807, 2.05) is 0 Å². The zero-order valence-corrected chi connectivity index (χ0v) is 22.7. The zero-order chi connectivity index (χ0) is 28.0. The summed E-state index contributed by atoms with van der Waals surface area (Å²) in [6.45, 7) is -0.883. The van der Waals surface area contributed by atoms with Gasteiger partial charge in [0, 0.05) is 38.4 Å². The van der Waals surface area contributed by atoms with Crippen molar-refractivity contribution < 1.29 is 31.2 Å². The molecule has 2 atom stereocenters. The van der Waals surface area contributed by atoms with Gasteiger partial charge in [-0.1, -0.05) is 42.5 Å². The first-order chi connectivity index (χ1) is 18.6. The number of nitrogens with zero attached hydrogens (tertiary/aromatic N) is 3. The molecule has 1 saturated heterocycles. The number of aromatic nitrogens is 1. The summed E-state index contributed by atoms with van der Waals surface area (Å²) in [5.41, 5.74) is 0.638. The van der Waals surface area contributed by atoms with Gasteiger partial charge < -0.3 is 10.1 Å². The van der Waals surface area contributed by atoms with E-state index in [-0.39, 0.29) is 29.3 Å². The monoisotopic (exact) mass is 572 g/mol. The molecule has 4 rings (SSSR count). The molecule has 0 spiro atoms. The first-order valence-electron chi connectivity index (χ1n) is 12.0. The molecule has 13 heteroatoms. The summed E-state index contributed by atoms with van der Waals surface area (Å²) in [7, 11) is -7.04. The van der Waals surface area contributed by atoms with Crippen molar-refractivity contribution in [3.63, 3.8) is 0 Å². The minimum Gasteiger partial charge on any atom is -0.467 e. The maximum atomic E-state index is 13.7. The molecule has 0 saturated carbocycles. The molecule has 1 amide bonds. The Balaban J connectivity index is 1.67. The molecule has 3 aromatic rings. The highest BCUT2D eigenvalue weighted by molar-refractivity contribution is 7.89. The van der Waals surface area contributed by atoms with Crippen molar-refractivity contribution in [2.24, 2.45) is 0 Å². The molecule has 1 aromatic heterocycles. The van der Waals surface area contributed by atoms with Gasteiger partial charge in [-0.15, -0.1) is 0 Å². The smallest absolute Gasteiger partial charge is 0.328 e. The van der Waals surface area contributed by atoms with Crippen molar-refractivity contribution in [3.8, 4) is 0 Å². The molecule has 2 heterocycles. The summed E-state index contributed by atoms with van der Waals surface area (Å²) >= 11 is 0. The van der Waals surface area contributed by atoms with E-state index in [1.165, 1.54) is 37.6 Å². The van der Waals surface area contributed by atoms with Crippen molar-refractivity contribution >= 4 is 31.9 Å². The standard InChI is InChI=1S/C26H28N4O7S2/c1-37-26(32)23(17-20-9-8-14-27-18-20)28-25(31)24-19-29(38(33,34)21-10-4-2-5-11-21)15-16-30(24)39(35,36)22-12-6-3-7-13-22/h2-14,18,23-24H,15-17,19H2,1H3,(H,28,31)/t23-,24-/m1/s1. The van der Waals surface area contributed by atoms with Crippen molar-refractivity contribution in [2.45, 2.75) is 28.3 Å². The fraction of sp³-hybridized carbons (Fsp3) is 0.269. The quantitative estimate of drug-likeness (QED) is 0.375. The molecule has 1 aliphatic heterocycles. The van der Waals surface area contributed by atoms with Gasteiger partial charge in [-0.2, -0.15) is 8.61 Å². The third kappa shape index (κ3) is 6.33. The van der Waals surface area contributed by atoms with Crippen LogP contribution < -0.4 is 5.32 Å². The number of hydrogen-bond acceptors (Lipinski definition) is 8. The second kappa shape index (κ2) is 12.0. The van der Waals surface area contributed by atoms with E-state index in [4.69, 9.17) is 4.74 Å². The van der Waals surface area contributed by atoms with Crippen LogP contribution in [0.5, 0.6) is 0 Å². The minimum absolute atomic E-state index is 0.0209. The van der Waals surface area contributed by atoms with Gasteiger partial charge in [-0.3, -0.25) is 9.78 Å². The van der Waals surface area contributed by atoms with Crippen LogP contribution in [-0.4, -0.2) is 81.1 Å². The molecule has 11 nitrogen and oxygen atoms in total. The van der Waals surface area contributed by atoms with E-state index in [1.54, 1.807) is 54.7 Å². The van der Waals surface area contributed by atoms with Crippen LogP contribution in [0, 0.1) is 0 Å². The Labute approximate surface area is 227 Å². The number of carbonyl (C=O) groups is 2. The average molecular weight is 573 g/mol. The minimum atomic E-state index is -4.19. The predicted octanol–water partition coefficient (Wildman–Crippen LogP) is 1.05. The van der Waals surface area contributed by atoms with Crippen molar-refractivity contribution in [2.75, 3.05) is 26.7 Å². The number of nitrogens with one attached hydrogen (secondary N) is 1. The number of carbonyl (C=O) groups excluding carboxylic acids is 2. The van der Waals surface area contributed by atoms with Crippen LogP contribution >= 0.6 is 0 Å². The van der Waals surface area contributed by atoms with Crippen LogP contribution in [-0.2, 0) is 40.8 Å². The topological polar surface area (TPSA) is 143 Å². The summed E-state index contributed by atoms with van der Waals surface area (Å²) in [5.74, 6) is -1.57. The first kappa shape index (κ1) is 28.4. The molecule has 206 valence electrons. The van der Waals surface area contributed by atoms with Crippen LogP contribution in [0.15, 0.2) is 95.0 Å². The third-order valence-electron chi connectivity index (χ3n) is 6.29. The van der Waals surface area contributed by atoms with E-state index < -0.39 is 50.6 Å². The molecular weight excluding hydrogens is 544 g/mol. The number of methoxy groups -OCH3 is 1. The van der Waals surface area contributed by atoms with Gasteiger partial charge in [0.25, 0.3) is 0 Å². The number of benzene rings is 2. The number of sulfonamides is 2. The van der Waals surface area contributed by atoms with Gasteiger partial charge in [0.05, 0.1) is 16.9 Å². The molecule has 39 heavy (non-hydrogen) atoms. The molecule has 1 N–H and O–H groups in total. The Hall–Kier alpha value is -3.65. The normalized spacial score (nSPS) is 17.7. The molecular formula is C26H28N4O7S2. The number of pyridine rings is 1. The predicted molar refractivity (Wildman–Crippen MR) is 141 cm³/mol. The summed E-state index contributed by atoms with van der Waals surface area (Å²) in [4.78, 5) is 30.2. The lowest BCUT2D eigenvalue weighted by Gasteiger charge is -2.39. The molecule has 1 aliphatic rings. The molecule has 2 aromatic carbocycles. The largest absolute Gasteiger partial charge is 0.467 e. The van der Waals surface area contributed by atoms with E-state index in [2.05, 4.69) is 10.3 Å². The summed E-state index contributed by atoms with van der Waals surface area (Å²) in [6.07, 6.45) is 3.13. The van der Waals surface area contributed by atoms with E-state index >= 15 is 0 Å². The maximum Gasteiger partial charge on any atom is 0.328 e. The number of esters is 1. The molecule has 1 fully saturated rings. The first-order valence-corrected chi connectivity index (χ1v) is 14.9. The van der Waals surface area contributed by atoms with Gasteiger partial charge in [0.2, 0.25) is 26.0 Å². The van der Waals surface area contributed by atoms with Crippen LogP contribution in [0.3, 0.4) is 0 Å². The molecule has 0 bridgehead atoms. The van der Waals surface area contributed by atoms with Crippen LogP contribution in [0.2, 0.25) is 0 Å². The highest BCUT2D eigenvalue weighted by Crippen LogP contribution is 2.25. The second-order valence-electron chi connectivity index (χ2n) is 8.77. The number of amides is 1. The van der Waals surface area contributed by atoms with Crippen LogP contribution in [0.1, 0.15) is 5.56 Å². The Kier molecular flexibility index (Phi) is 8.75. The van der Waals surface area contributed by atoms with E-state index in [0.29, 0.717) is 5.56 Å². The fourth-order valence-electron chi connectivity index (χ4n) is 4.29. The highest BCUT2D eigenvalue weighted by Gasteiger charge is 2.44. The SMILES string of the molecule is COC(=O)[C@@H](Cc1cccnc1)NC(=O)[C@H]1CN(S(=O)(=O)c2ccccc2)CCN1S(=O)(=O)c1ccccc1. The molecule has 0 radical (unpaired) electrons. The Morgan fingerprint density at radius 1 is 0.923 bits per heavy atom. The van der Waals surface area contributed by atoms with Crippen molar-refractivity contribution in [1.29, 1.82) is 0 Å². The van der Waals surface area contributed by atoms with Gasteiger partial charge in [0.15, 0.2) is 0 Å². The van der Waals surface area contributed by atoms with Gasteiger partial charge in [-0.25, -0.2) is 21.6 Å². The lowest BCUT2D eigenvalue weighted by atomic mass is 10.1. The maximum absolute atomic E-state index is 13.7. The van der Waals surface area contributed by atoms with Gasteiger partial charge in [-0.05, 0) is 35.9 Å². The lowest BCUT2D eigenvalue weighted by Crippen LogP contribution is -2.62. The Morgan fingerprint density at radius 3 is 2.10 bits per heavy atom. The summed E-state index contributed by atoms with van der Waals surface area (Å²) in [6, 6.07) is 16.0. The second-order valence-corrected chi connectivity index (χ2v) is 12.6. The Morgan fingerprint density at radius 2 is 1.54 bits per heavy atom. The fourth-order valence-corrected chi connectivity index (χ4v) is 7.34. The van der Waals surface area contributed by atoms with E-state index in [9.17, 15) is 26.4 Å². The lowest BCUT2D eigenvalue weighted by molar-refractivity contribution is -0.145. The van der Waals surface area contributed by atoms with Crippen LogP contribution in [0.4, 0.5) is 0 Å². The Bertz CT molecular complexity index is 1500. The van der Waals surface area contributed by atoms with Crippen molar-refractivity contribution in [3.05, 3.63) is 90.8 Å². The zero-order valence-electron chi connectivity index (χ0n) is 21.1. The van der Waals surface area contributed by atoms with E-state index in [0.717, 1.165) is 8.61 Å². The molecule has 0 unspecified atom stereocenters. The third-order valence-corrected chi connectivity index (χ3v) is 10.1. The number of piperazine rings is 1. The molecule has 0 aliphatic carbocycles.